The van der Waals surface area contributed by atoms with E-state index in [2.05, 4.69) is 35.9 Å². The van der Waals surface area contributed by atoms with Gasteiger partial charge in [-0.1, -0.05) is 13.8 Å². The smallest absolute Gasteiger partial charge is 0.337 e. The molecule has 3 rings (SSSR count). The molecule has 0 atom stereocenters. The molecule has 0 bridgehead atoms. The summed E-state index contributed by atoms with van der Waals surface area (Å²) >= 11 is 0. The van der Waals surface area contributed by atoms with Gasteiger partial charge in [-0.2, -0.15) is 0 Å². The zero-order chi connectivity index (χ0) is 17.4. The predicted octanol–water partition coefficient (Wildman–Crippen LogP) is 4.76. The van der Waals surface area contributed by atoms with Gasteiger partial charge in [-0.15, -0.1) is 0 Å². The summed E-state index contributed by atoms with van der Waals surface area (Å²) in [5.74, 6) is 0.000352. The van der Waals surface area contributed by atoms with E-state index in [4.69, 9.17) is 4.74 Å². The molecule has 3 aromatic rings. The van der Waals surface area contributed by atoms with Gasteiger partial charge >= 0.3 is 5.97 Å². The lowest BCUT2D eigenvalue weighted by Crippen LogP contribution is -2.00. The van der Waals surface area contributed by atoms with Crippen LogP contribution in [0.1, 0.15) is 47.1 Å². The number of pyridine rings is 1. The van der Waals surface area contributed by atoms with Gasteiger partial charge in [0.05, 0.1) is 18.4 Å². The SMILES string of the molecule is COC(=O)c1ccc2[nH]c(-c3cc(C)nc(C)c3)c(C(C)C)c2c1. The molecule has 0 fully saturated rings. The van der Waals surface area contributed by atoms with Crippen LogP contribution in [0, 0.1) is 13.8 Å². The quantitative estimate of drug-likeness (QED) is 0.708. The monoisotopic (exact) mass is 322 g/mol. The van der Waals surface area contributed by atoms with Crippen molar-refractivity contribution in [3.05, 3.63) is 52.8 Å². The molecule has 2 heterocycles. The Morgan fingerprint density at radius 1 is 1.12 bits per heavy atom. The molecule has 1 aromatic carbocycles. The van der Waals surface area contributed by atoms with Crippen molar-refractivity contribution in [2.45, 2.75) is 33.6 Å². The minimum absolute atomic E-state index is 0.315. The number of aryl methyl sites for hydroxylation is 2. The number of methoxy groups -OCH3 is 1. The molecule has 0 amide bonds. The fourth-order valence-electron chi connectivity index (χ4n) is 3.26. The van der Waals surface area contributed by atoms with Crippen LogP contribution in [0.15, 0.2) is 30.3 Å². The molecule has 2 aromatic heterocycles. The third-order valence-electron chi connectivity index (χ3n) is 4.21. The highest BCUT2D eigenvalue weighted by atomic mass is 16.5. The van der Waals surface area contributed by atoms with Crippen molar-refractivity contribution >= 4 is 16.9 Å². The Kier molecular flexibility index (Phi) is 4.14. The summed E-state index contributed by atoms with van der Waals surface area (Å²) in [6, 6.07) is 9.83. The highest BCUT2D eigenvalue weighted by molar-refractivity contribution is 5.98. The van der Waals surface area contributed by atoms with Crippen LogP contribution in [0.4, 0.5) is 0 Å². The lowest BCUT2D eigenvalue weighted by molar-refractivity contribution is 0.0601. The highest BCUT2D eigenvalue weighted by Crippen LogP contribution is 2.36. The van der Waals surface area contributed by atoms with Crippen LogP contribution in [-0.4, -0.2) is 23.0 Å². The van der Waals surface area contributed by atoms with E-state index in [1.165, 1.54) is 12.7 Å². The highest BCUT2D eigenvalue weighted by Gasteiger charge is 2.18. The summed E-state index contributed by atoms with van der Waals surface area (Å²) < 4.78 is 4.85. The standard InChI is InChI=1S/C20H22N2O2/c1-11(2)18-16-10-14(20(23)24-5)6-7-17(16)22-19(18)15-8-12(3)21-13(4)9-15/h6-11,22H,1-5H3. The van der Waals surface area contributed by atoms with Crippen molar-refractivity contribution in [2.75, 3.05) is 7.11 Å². The third-order valence-corrected chi connectivity index (χ3v) is 4.21. The van der Waals surface area contributed by atoms with Crippen LogP contribution >= 0.6 is 0 Å². The van der Waals surface area contributed by atoms with Gasteiger partial charge in [-0.3, -0.25) is 4.98 Å². The number of ether oxygens (including phenoxy) is 1. The van der Waals surface area contributed by atoms with Crippen LogP contribution in [0.3, 0.4) is 0 Å². The molecule has 124 valence electrons. The number of nitrogens with zero attached hydrogens (tertiary/aromatic N) is 1. The molecule has 1 N–H and O–H groups in total. The Labute approximate surface area is 141 Å². The number of nitrogens with one attached hydrogen (secondary N) is 1. The Bertz CT molecular complexity index is 903. The second-order valence-corrected chi connectivity index (χ2v) is 6.46. The molecular weight excluding hydrogens is 300 g/mol. The molecule has 0 unspecified atom stereocenters. The van der Waals surface area contributed by atoms with Crippen molar-refractivity contribution < 1.29 is 9.53 Å². The summed E-state index contributed by atoms with van der Waals surface area (Å²) in [6.07, 6.45) is 0. The van der Waals surface area contributed by atoms with Gasteiger partial charge in [-0.05, 0) is 55.7 Å². The van der Waals surface area contributed by atoms with Crippen LogP contribution in [-0.2, 0) is 4.74 Å². The maximum absolute atomic E-state index is 11.9. The van der Waals surface area contributed by atoms with E-state index in [1.54, 1.807) is 6.07 Å². The largest absolute Gasteiger partial charge is 0.465 e. The number of fused-ring (bicyclic) bond motifs is 1. The van der Waals surface area contributed by atoms with Gasteiger partial charge in [0.1, 0.15) is 0 Å². The number of esters is 1. The van der Waals surface area contributed by atoms with E-state index >= 15 is 0 Å². The molecular formula is C20H22N2O2. The Hall–Kier alpha value is -2.62. The number of hydrogen-bond acceptors (Lipinski definition) is 3. The number of carbonyl (C=O) groups excluding carboxylic acids is 1. The van der Waals surface area contributed by atoms with E-state index in [1.807, 2.05) is 26.0 Å². The van der Waals surface area contributed by atoms with Gasteiger partial charge < -0.3 is 9.72 Å². The zero-order valence-electron chi connectivity index (χ0n) is 14.7. The van der Waals surface area contributed by atoms with Gasteiger partial charge in [-0.25, -0.2) is 4.79 Å². The van der Waals surface area contributed by atoms with Crippen LogP contribution in [0.25, 0.3) is 22.2 Å². The topological polar surface area (TPSA) is 55.0 Å². The fourth-order valence-corrected chi connectivity index (χ4v) is 3.26. The first kappa shape index (κ1) is 16.2. The Morgan fingerprint density at radius 2 is 1.79 bits per heavy atom. The molecule has 4 nitrogen and oxygen atoms in total. The van der Waals surface area contributed by atoms with Gasteiger partial charge in [0.15, 0.2) is 0 Å². The number of carbonyl (C=O) groups is 1. The summed E-state index contributed by atoms with van der Waals surface area (Å²) in [4.78, 5) is 19.8. The summed E-state index contributed by atoms with van der Waals surface area (Å²) in [5.41, 5.74) is 7.01. The first-order valence-corrected chi connectivity index (χ1v) is 8.10. The van der Waals surface area contributed by atoms with Gasteiger partial charge in [0.25, 0.3) is 0 Å². The molecule has 0 aliphatic heterocycles. The Morgan fingerprint density at radius 3 is 2.38 bits per heavy atom. The van der Waals surface area contributed by atoms with E-state index < -0.39 is 0 Å². The summed E-state index contributed by atoms with van der Waals surface area (Å²) in [5, 5.41) is 1.06. The van der Waals surface area contributed by atoms with Crippen molar-refractivity contribution in [3.8, 4) is 11.3 Å². The van der Waals surface area contributed by atoms with Gasteiger partial charge in [0.2, 0.25) is 0 Å². The number of aromatic nitrogens is 2. The number of rotatable bonds is 3. The summed E-state index contributed by atoms with van der Waals surface area (Å²) in [7, 11) is 1.40. The van der Waals surface area contributed by atoms with Crippen LogP contribution in [0.2, 0.25) is 0 Å². The average Bonchev–Trinajstić information content (AvgIpc) is 2.91. The maximum atomic E-state index is 11.9. The second-order valence-electron chi connectivity index (χ2n) is 6.46. The maximum Gasteiger partial charge on any atom is 0.337 e. The van der Waals surface area contributed by atoms with Crippen molar-refractivity contribution in [2.24, 2.45) is 0 Å². The fraction of sp³-hybridized carbons (Fsp3) is 0.300. The average molecular weight is 322 g/mol. The molecule has 0 radical (unpaired) electrons. The van der Waals surface area contributed by atoms with E-state index in [0.717, 1.165) is 33.5 Å². The lowest BCUT2D eigenvalue weighted by atomic mass is 9.95. The Balaban J connectivity index is 2.28. The predicted molar refractivity (Wildman–Crippen MR) is 96.4 cm³/mol. The minimum Gasteiger partial charge on any atom is -0.465 e. The van der Waals surface area contributed by atoms with Crippen LogP contribution in [0.5, 0.6) is 0 Å². The molecule has 0 aliphatic carbocycles. The second kappa shape index (κ2) is 6.11. The molecule has 0 saturated carbocycles. The molecule has 0 saturated heterocycles. The normalized spacial score (nSPS) is 11.2. The van der Waals surface area contributed by atoms with Crippen molar-refractivity contribution in [1.29, 1.82) is 0 Å². The first-order chi connectivity index (χ1) is 11.4. The van der Waals surface area contributed by atoms with E-state index in [0.29, 0.717) is 11.5 Å². The number of hydrogen-bond donors (Lipinski definition) is 1. The molecule has 0 aliphatic rings. The lowest BCUT2D eigenvalue weighted by Gasteiger charge is -2.10. The molecule has 24 heavy (non-hydrogen) atoms. The molecule has 0 spiro atoms. The van der Waals surface area contributed by atoms with E-state index in [9.17, 15) is 4.79 Å². The summed E-state index contributed by atoms with van der Waals surface area (Å²) in [6.45, 7) is 8.34. The third kappa shape index (κ3) is 2.80. The number of H-pyrrole nitrogens is 1. The van der Waals surface area contributed by atoms with E-state index in [-0.39, 0.29) is 5.97 Å². The van der Waals surface area contributed by atoms with Crippen molar-refractivity contribution in [3.63, 3.8) is 0 Å². The number of benzene rings is 1. The van der Waals surface area contributed by atoms with Crippen LogP contribution < -0.4 is 0 Å². The molecule has 4 heteroatoms. The minimum atomic E-state index is -0.315. The number of aromatic amines is 1. The first-order valence-electron chi connectivity index (χ1n) is 8.10. The van der Waals surface area contributed by atoms with Gasteiger partial charge in [0, 0.05) is 27.9 Å². The zero-order valence-corrected chi connectivity index (χ0v) is 14.7. The van der Waals surface area contributed by atoms with Crippen molar-refractivity contribution in [1.82, 2.24) is 9.97 Å².